The van der Waals surface area contributed by atoms with E-state index >= 15 is 0 Å². The molecule has 1 amide bonds. The summed E-state index contributed by atoms with van der Waals surface area (Å²) in [6.07, 6.45) is 8.65. The van der Waals surface area contributed by atoms with Crippen LogP contribution in [0.15, 0.2) is 42.0 Å². The number of carbonyl (C=O) groups excluding carboxylic acids is 1. The lowest BCUT2D eigenvalue weighted by Gasteiger charge is -2.59. The summed E-state index contributed by atoms with van der Waals surface area (Å²) < 4.78 is 0. The van der Waals surface area contributed by atoms with Crippen molar-refractivity contribution in [3.05, 3.63) is 47.5 Å². The lowest BCUT2D eigenvalue weighted by molar-refractivity contribution is -0.149. The first-order chi connectivity index (χ1) is 16.6. The minimum absolute atomic E-state index is 0.0542. The molecule has 5 atom stereocenters. The largest absolute Gasteiger partial charge is 0.340 e. The number of likely N-dealkylation sites (tertiary alicyclic amines) is 3. The van der Waals surface area contributed by atoms with Crippen LogP contribution in [0.5, 0.6) is 0 Å². The van der Waals surface area contributed by atoms with Crippen LogP contribution < -0.4 is 0 Å². The molecule has 1 saturated carbocycles. The van der Waals surface area contributed by atoms with Gasteiger partial charge in [-0.2, -0.15) is 0 Å². The maximum Gasteiger partial charge on any atom is 0.239 e. The smallest absolute Gasteiger partial charge is 0.239 e. The minimum Gasteiger partial charge on any atom is -0.340 e. The molecule has 4 heteroatoms. The van der Waals surface area contributed by atoms with E-state index in [-0.39, 0.29) is 16.9 Å². The quantitative estimate of drug-likeness (QED) is 0.548. The average molecular weight is 476 g/mol. The summed E-state index contributed by atoms with van der Waals surface area (Å²) in [5.74, 6) is 2.09. The van der Waals surface area contributed by atoms with Gasteiger partial charge in [0.25, 0.3) is 0 Å². The van der Waals surface area contributed by atoms with Crippen LogP contribution in [0, 0.1) is 28.1 Å². The van der Waals surface area contributed by atoms with E-state index < -0.39 is 0 Å². The molecule has 0 N–H and O–H groups in total. The van der Waals surface area contributed by atoms with E-state index in [2.05, 4.69) is 78.8 Å². The number of piperidine rings is 2. The number of fused-ring (bicyclic) bond motifs is 3. The van der Waals surface area contributed by atoms with Gasteiger partial charge >= 0.3 is 0 Å². The lowest BCUT2D eigenvalue weighted by atomic mass is 9.49. The molecule has 190 valence electrons. The van der Waals surface area contributed by atoms with Gasteiger partial charge in [0.1, 0.15) is 0 Å². The van der Waals surface area contributed by atoms with E-state index in [9.17, 15) is 4.79 Å². The number of allylic oxidation sites excluding steroid dienone is 1. The number of carbonyl (C=O) groups is 1. The van der Waals surface area contributed by atoms with E-state index in [0.29, 0.717) is 11.3 Å². The molecule has 3 heterocycles. The summed E-state index contributed by atoms with van der Waals surface area (Å²) in [6.45, 7) is 17.0. The Morgan fingerprint density at radius 3 is 2.34 bits per heavy atom. The monoisotopic (exact) mass is 475 g/mol. The molecule has 3 aliphatic carbocycles. The summed E-state index contributed by atoms with van der Waals surface area (Å²) in [4.78, 5) is 21.4. The molecule has 0 radical (unpaired) electrons. The fraction of sp³-hybridized carbons (Fsp3) is 0.710. The van der Waals surface area contributed by atoms with Crippen LogP contribution in [0.3, 0.4) is 0 Å². The molecule has 4 bridgehead atoms. The van der Waals surface area contributed by atoms with Gasteiger partial charge in [-0.15, -0.1) is 0 Å². The zero-order valence-corrected chi connectivity index (χ0v) is 22.4. The van der Waals surface area contributed by atoms with Crippen molar-refractivity contribution >= 4 is 5.91 Å². The van der Waals surface area contributed by atoms with Gasteiger partial charge in [-0.25, -0.2) is 0 Å². The van der Waals surface area contributed by atoms with Crippen molar-refractivity contribution < 1.29 is 4.79 Å². The van der Waals surface area contributed by atoms with Gasteiger partial charge < -0.3 is 4.90 Å². The zero-order valence-electron chi connectivity index (χ0n) is 22.4. The highest BCUT2D eigenvalue weighted by Gasteiger charge is 2.53. The molecule has 6 aliphatic rings. The molecule has 35 heavy (non-hydrogen) atoms. The number of rotatable bonds is 5. The molecule has 0 spiro atoms. The van der Waals surface area contributed by atoms with Crippen LogP contribution in [-0.2, 0) is 11.3 Å². The predicted octanol–water partition coefficient (Wildman–Crippen LogP) is 5.20. The summed E-state index contributed by atoms with van der Waals surface area (Å²) in [5.41, 5.74) is 3.91. The first-order valence-corrected chi connectivity index (χ1v) is 14.1. The number of benzene rings is 1. The Kier molecular flexibility index (Phi) is 5.73. The summed E-state index contributed by atoms with van der Waals surface area (Å²) in [6, 6.07) is 10.7. The molecular weight excluding hydrogens is 430 g/mol. The van der Waals surface area contributed by atoms with Crippen LogP contribution in [0.2, 0.25) is 0 Å². The lowest BCUT2D eigenvalue weighted by Crippen LogP contribution is -2.65. The van der Waals surface area contributed by atoms with Crippen molar-refractivity contribution in [3.63, 3.8) is 0 Å². The van der Waals surface area contributed by atoms with Crippen LogP contribution in [0.4, 0.5) is 0 Å². The molecule has 7 rings (SSSR count). The first-order valence-electron chi connectivity index (χ1n) is 14.1. The molecule has 2 unspecified atom stereocenters. The molecule has 4 fully saturated rings. The van der Waals surface area contributed by atoms with Gasteiger partial charge in [0.15, 0.2) is 0 Å². The van der Waals surface area contributed by atoms with Crippen molar-refractivity contribution in [2.75, 3.05) is 39.3 Å². The Labute approximate surface area is 212 Å². The van der Waals surface area contributed by atoms with Gasteiger partial charge in [0, 0.05) is 39.3 Å². The van der Waals surface area contributed by atoms with Crippen LogP contribution >= 0.6 is 0 Å². The maximum absolute atomic E-state index is 13.9. The van der Waals surface area contributed by atoms with Gasteiger partial charge in [-0.1, -0.05) is 69.7 Å². The Morgan fingerprint density at radius 2 is 1.69 bits per heavy atom. The van der Waals surface area contributed by atoms with Crippen molar-refractivity contribution in [1.82, 2.24) is 14.7 Å². The molecule has 3 aliphatic heterocycles. The predicted molar refractivity (Wildman–Crippen MR) is 142 cm³/mol. The van der Waals surface area contributed by atoms with Crippen molar-refractivity contribution in [1.29, 1.82) is 0 Å². The molecule has 1 aromatic rings. The number of hydrogen-bond donors (Lipinski definition) is 0. The van der Waals surface area contributed by atoms with E-state index in [1.54, 1.807) is 5.57 Å². The van der Waals surface area contributed by atoms with E-state index in [4.69, 9.17) is 0 Å². The third kappa shape index (κ3) is 4.29. The highest BCUT2D eigenvalue weighted by Crippen LogP contribution is 2.59. The van der Waals surface area contributed by atoms with Gasteiger partial charge in [0.2, 0.25) is 5.91 Å². The normalized spacial score (nSPS) is 38.7. The maximum atomic E-state index is 13.9. The second-order valence-electron chi connectivity index (χ2n) is 14.1. The Hall–Kier alpha value is -1.65. The Balaban J connectivity index is 1.13. The molecule has 3 saturated heterocycles. The highest BCUT2D eigenvalue weighted by molar-refractivity contribution is 5.82. The fourth-order valence-corrected chi connectivity index (χ4v) is 8.97. The molecule has 1 aromatic carbocycles. The number of amides is 1. The Morgan fingerprint density at radius 1 is 0.971 bits per heavy atom. The number of nitrogens with zero attached hydrogens (tertiary/aromatic N) is 3. The van der Waals surface area contributed by atoms with Crippen molar-refractivity contribution in [2.45, 2.75) is 72.4 Å². The Bertz CT molecular complexity index is 982. The average Bonchev–Trinajstić information content (AvgIpc) is 3.25. The van der Waals surface area contributed by atoms with Gasteiger partial charge in [-0.05, 0) is 72.3 Å². The summed E-state index contributed by atoms with van der Waals surface area (Å²) in [5, 5.41) is 0. The molecule has 4 nitrogen and oxygen atoms in total. The van der Waals surface area contributed by atoms with Gasteiger partial charge in [0.05, 0.1) is 6.04 Å². The third-order valence-electron chi connectivity index (χ3n) is 10.4. The fourth-order valence-electron chi connectivity index (χ4n) is 8.97. The van der Waals surface area contributed by atoms with Crippen molar-refractivity contribution in [2.24, 2.45) is 28.1 Å². The van der Waals surface area contributed by atoms with E-state index in [1.807, 2.05) is 0 Å². The standard InChI is InChI=1S/C31H45N3O/c1-29(2)25-13-12-24(26(29)15-25)17-32-19-30(3)18-31(4,20-32)22-34(21-30)28(35)27-11-8-14-33(27)16-23-9-6-5-7-10-23/h5-7,9-10,12,25-27H,8,11,13-22H2,1-4H3/t25-,26-,27+,30?,31?/m1/s1. The number of hydrogen-bond acceptors (Lipinski definition) is 3. The van der Waals surface area contributed by atoms with E-state index in [0.717, 1.165) is 70.5 Å². The van der Waals surface area contributed by atoms with Gasteiger partial charge in [-0.3, -0.25) is 14.6 Å². The summed E-state index contributed by atoms with van der Waals surface area (Å²) >= 11 is 0. The van der Waals surface area contributed by atoms with Crippen LogP contribution in [-0.4, -0.2) is 65.9 Å². The summed E-state index contributed by atoms with van der Waals surface area (Å²) in [7, 11) is 0. The molecular formula is C31H45N3O. The highest BCUT2D eigenvalue weighted by atomic mass is 16.2. The van der Waals surface area contributed by atoms with Crippen molar-refractivity contribution in [3.8, 4) is 0 Å². The minimum atomic E-state index is 0.0542. The second-order valence-corrected chi connectivity index (χ2v) is 14.1. The topological polar surface area (TPSA) is 26.8 Å². The van der Waals surface area contributed by atoms with Crippen LogP contribution in [0.25, 0.3) is 0 Å². The first kappa shape index (κ1) is 23.7. The van der Waals surface area contributed by atoms with Crippen LogP contribution in [0.1, 0.15) is 65.4 Å². The second kappa shape index (κ2) is 8.45. The SMILES string of the molecule is CC12CN(CC3=CC[C@@H]4C[C@H]3C4(C)C)CC(C)(CN(C(=O)[C@@H]3CCCN3Cc3ccccc3)C1)C2. The van der Waals surface area contributed by atoms with E-state index in [1.165, 1.54) is 24.8 Å². The third-order valence-corrected chi connectivity index (χ3v) is 10.4. The molecule has 0 aromatic heterocycles. The zero-order chi connectivity index (χ0) is 24.4.